The number of hydrogen-bond acceptors (Lipinski definition) is 5. The van der Waals surface area contributed by atoms with E-state index < -0.39 is 21.8 Å². The molecule has 96 valence electrons. The van der Waals surface area contributed by atoms with Gasteiger partial charge in [-0.3, -0.25) is 9.59 Å². The standard InChI is InChI=1S/C12H7NO5S/c14-11-8-4-1-2-6-10(8)19(16,17)13(11)12(15)9-5-3-7-18-9/h1-7H. The van der Waals surface area contributed by atoms with Gasteiger partial charge in [-0.25, -0.2) is 8.42 Å². The first kappa shape index (κ1) is 11.7. The third-order valence-corrected chi connectivity index (χ3v) is 4.46. The molecule has 0 N–H and O–H groups in total. The number of hydrogen-bond donors (Lipinski definition) is 0. The Kier molecular flexibility index (Phi) is 2.33. The highest BCUT2D eigenvalue weighted by atomic mass is 32.2. The van der Waals surface area contributed by atoms with Crippen LogP contribution in [0.2, 0.25) is 0 Å². The van der Waals surface area contributed by atoms with Crippen molar-refractivity contribution in [3.8, 4) is 0 Å². The first-order chi connectivity index (χ1) is 9.03. The zero-order valence-corrected chi connectivity index (χ0v) is 10.3. The molecule has 1 aliphatic heterocycles. The average molecular weight is 277 g/mol. The minimum absolute atomic E-state index is 0.0117. The summed E-state index contributed by atoms with van der Waals surface area (Å²) in [7, 11) is -4.15. The van der Waals surface area contributed by atoms with Gasteiger partial charge in [-0.2, -0.15) is 4.31 Å². The van der Waals surface area contributed by atoms with Crippen molar-refractivity contribution in [2.45, 2.75) is 4.90 Å². The van der Waals surface area contributed by atoms with E-state index in [0.717, 1.165) is 0 Å². The molecule has 0 aliphatic carbocycles. The Labute approximate surface area is 108 Å². The lowest BCUT2D eigenvalue weighted by Crippen LogP contribution is -2.36. The predicted octanol–water partition coefficient (Wildman–Crippen LogP) is 1.26. The summed E-state index contributed by atoms with van der Waals surface area (Å²) in [4.78, 5) is 23.9. The molecule has 6 nitrogen and oxygen atoms in total. The van der Waals surface area contributed by atoms with E-state index in [1.165, 1.54) is 42.7 Å². The van der Waals surface area contributed by atoms with Gasteiger partial charge in [-0.1, -0.05) is 12.1 Å². The fourth-order valence-electron chi connectivity index (χ4n) is 1.89. The Balaban J connectivity index is 2.16. The summed E-state index contributed by atoms with van der Waals surface area (Å²) in [6.07, 6.45) is 1.23. The third kappa shape index (κ3) is 1.52. The number of carbonyl (C=O) groups excluding carboxylic acids is 2. The minimum atomic E-state index is -4.15. The molecule has 0 bridgehead atoms. The van der Waals surface area contributed by atoms with E-state index in [2.05, 4.69) is 0 Å². The zero-order valence-electron chi connectivity index (χ0n) is 9.44. The van der Waals surface area contributed by atoms with Gasteiger partial charge in [0.05, 0.1) is 11.8 Å². The van der Waals surface area contributed by atoms with Crippen LogP contribution >= 0.6 is 0 Å². The van der Waals surface area contributed by atoms with Crippen molar-refractivity contribution in [3.05, 3.63) is 54.0 Å². The first-order valence-corrected chi connectivity index (χ1v) is 6.74. The first-order valence-electron chi connectivity index (χ1n) is 5.30. The van der Waals surface area contributed by atoms with Gasteiger partial charge in [-0.15, -0.1) is 0 Å². The van der Waals surface area contributed by atoms with Crippen LogP contribution in [0.5, 0.6) is 0 Å². The molecule has 0 saturated carbocycles. The van der Waals surface area contributed by atoms with Crippen molar-refractivity contribution in [1.29, 1.82) is 0 Å². The summed E-state index contributed by atoms with van der Waals surface area (Å²) in [6.45, 7) is 0. The molecule has 2 amide bonds. The van der Waals surface area contributed by atoms with Crippen LogP contribution in [-0.4, -0.2) is 24.5 Å². The van der Waals surface area contributed by atoms with E-state index in [1.807, 2.05) is 0 Å². The fraction of sp³-hybridized carbons (Fsp3) is 0. The van der Waals surface area contributed by atoms with Gasteiger partial charge < -0.3 is 4.42 Å². The maximum absolute atomic E-state index is 12.2. The molecule has 0 atom stereocenters. The van der Waals surface area contributed by atoms with Gasteiger partial charge in [-0.05, 0) is 24.3 Å². The molecule has 3 rings (SSSR count). The lowest BCUT2D eigenvalue weighted by Gasteiger charge is -2.10. The number of fused-ring (bicyclic) bond motifs is 1. The number of imide groups is 1. The van der Waals surface area contributed by atoms with Gasteiger partial charge in [0.15, 0.2) is 5.76 Å². The quantitative estimate of drug-likeness (QED) is 0.733. The molecule has 0 spiro atoms. The molecule has 7 heteroatoms. The number of sulfonamides is 1. The van der Waals surface area contributed by atoms with Crippen LogP contribution in [0.15, 0.2) is 52.0 Å². The summed E-state index contributed by atoms with van der Waals surface area (Å²) in [5, 5.41) is 0. The highest BCUT2D eigenvalue weighted by Crippen LogP contribution is 2.31. The molecule has 1 aromatic heterocycles. The number of furan rings is 1. The van der Waals surface area contributed by atoms with Gasteiger partial charge in [0, 0.05) is 0 Å². The van der Waals surface area contributed by atoms with E-state index in [0.29, 0.717) is 0 Å². The van der Waals surface area contributed by atoms with E-state index >= 15 is 0 Å². The monoisotopic (exact) mass is 277 g/mol. The molecular weight excluding hydrogens is 270 g/mol. The fourth-order valence-corrected chi connectivity index (χ4v) is 3.39. The van der Waals surface area contributed by atoms with E-state index in [9.17, 15) is 18.0 Å². The van der Waals surface area contributed by atoms with Crippen molar-refractivity contribution in [1.82, 2.24) is 4.31 Å². The number of rotatable bonds is 1. The Morgan fingerprint density at radius 1 is 1.11 bits per heavy atom. The summed E-state index contributed by atoms with van der Waals surface area (Å²) >= 11 is 0. The number of carbonyl (C=O) groups is 2. The number of nitrogens with zero attached hydrogens (tertiary/aromatic N) is 1. The van der Waals surface area contributed by atoms with Gasteiger partial charge >= 0.3 is 5.91 Å². The SMILES string of the molecule is O=C(c1ccco1)N1C(=O)c2ccccc2S1(=O)=O. The van der Waals surface area contributed by atoms with Gasteiger partial charge in [0.2, 0.25) is 0 Å². The minimum Gasteiger partial charge on any atom is -0.459 e. The highest BCUT2D eigenvalue weighted by Gasteiger charge is 2.46. The summed E-state index contributed by atoms with van der Waals surface area (Å²) in [6, 6.07) is 8.42. The Morgan fingerprint density at radius 2 is 1.84 bits per heavy atom. The maximum atomic E-state index is 12.2. The summed E-state index contributed by atoms with van der Waals surface area (Å²) < 4.78 is 29.4. The van der Waals surface area contributed by atoms with Crippen LogP contribution in [0.3, 0.4) is 0 Å². The normalized spacial score (nSPS) is 16.4. The molecule has 19 heavy (non-hydrogen) atoms. The van der Waals surface area contributed by atoms with Crippen LogP contribution in [0.4, 0.5) is 0 Å². The maximum Gasteiger partial charge on any atom is 0.310 e. The van der Waals surface area contributed by atoms with Crippen molar-refractivity contribution >= 4 is 21.8 Å². The number of amides is 2. The molecule has 1 aromatic carbocycles. The van der Waals surface area contributed by atoms with Crippen LogP contribution in [-0.2, 0) is 10.0 Å². The topological polar surface area (TPSA) is 84.7 Å². The Morgan fingerprint density at radius 3 is 2.47 bits per heavy atom. The molecule has 1 aliphatic rings. The van der Waals surface area contributed by atoms with E-state index in [4.69, 9.17) is 4.42 Å². The van der Waals surface area contributed by atoms with Crippen molar-refractivity contribution < 1.29 is 22.4 Å². The Bertz CT molecular complexity index is 768. The third-order valence-electron chi connectivity index (χ3n) is 2.74. The molecular formula is C12H7NO5S. The summed E-state index contributed by atoms with van der Waals surface area (Å²) in [5.41, 5.74) is -0.0117. The molecule has 0 saturated heterocycles. The predicted molar refractivity (Wildman–Crippen MR) is 62.8 cm³/mol. The zero-order chi connectivity index (χ0) is 13.6. The van der Waals surface area contributed by atoms with Crippen molar-refractivity contribution in [2.24, 2.45) is 0 Å². The largest absolute Gasteiger partial charge is 0.459 e. The van der Waals surface area contributed by atoms with Crippen molar-refractivity contribution in [2.75, 3.05) is 0 Å². The van der Waals surface area contributed by atoms with Gasteiger partial charge in [0.1, 0.15) is 4.90 Å². The van der Waals surface area contributed by atoms with Crippen LogP contribution in [0.1, 0.15) is 20.9 Å². The molecule has 0 radical (unpaired) electrons. The van der Waals surface area contributed by atoms with Crippen LogP contribution in [0, 0.1) is 0 Å². The molecule has 2 heterocycles. The van der Waals surface area contributed by atoms with Crippen LogP contribution in [0.25, 0.3) is 0 Å². The lowest BCUT2D eigenvalue weighted by atomic mass is 10.2. The second-order valence-electron chi connectivity index (χ2n) is 3.85. The van der Waals surface area contributed by atoms with Crippen LogP contribution < -0.4 is 0 Å². The lowest BCUT2D eigenvalue weighted by molar-refractivity contribution is 0.0721. The van der Waals surface area contributed by atoms with Gasteiger partial charge in [0.25, 0.3) is 15.9 Å². The molecule has 2 aromatic rings. The second kappa shape index (κ2) is 3.79. The average Bonchev–Trinajstić information content (AvgIpc) is 2.97. The smallest absolute Gasteiger partial charge is 0.310 e. The molecule has 0 fully saturated rings. The number of benzene rings is 1. The van der Waals surface area contributed by atoms with Crippen molar-refractivity contribution in [3.63, 3.8) is 0 Å². The molecule has 0 unspecified atom stereocenters. The van der Waals surface area contributed by atoms with E-state index in [-0.39, 0.29) is 20.5 Å². The highest BCUT2D eigenvalue weighted by molar-refractivity contribution is 7.90. The van der Waals surface area contributed by atoms with E-state index in [1.54, 1.807) is 0 Å². The second-order valence-corrected chi connectivity index (χ2v) is 5.61. The summed E-state index contributed by atoms with van der Waals surface area (Å²) in [5.74, 6) is -2.06. The Hall–Kier alpha value is -2.41.